The first-order chi connectivity index (χ1) is 8.88. The molecule has 0 radical (unpaired) electrons. The quantitative estimate of drug-likeness (QED) is 0.837. The lowest BCUT2D eigenvalue weighted by Crippen LogP contribution is -2.52. The Bertz CT molecular complexity index is 321. The van der Waals surface area contributed by atoms with E-state index < -0.39 is 5.60 Å². The van der Waals surface area contributed by atoms with Gasteiger partial charge in [-0.3, -0.25) is 0 Å². The molecule has 1 aliphatic carbocycles. The summed E-state index contributed by atoms with van der Waals surface area (Å²) in [6.45, 7) is 6.54. The highest BCUT2D eigenvalue weighted by Crippen LogP contribution is 2.36. The lowest BCUT2D eigenvalue weighted by Gasteiger charge is -2.35. The van der Waals surface area contributed by atoms with Crippen molar-refractivity contribution < 1.29 is 9.53 Å². The van der Waals surface area contributed by atoms with Crippen molar-refractivity contribution in [2.24, 2.45) is 11.7 Å². The van der Waals surface area contributed by atoms with E-state index in [9.17, 15) is 4.79 Å². The van der Waals surface area contributed by atoms with Crippen molar-refractivity contribution in [3.63, 3.8) is 0 Å². The predicted molar refractivity (Wildman–Crippen MR) is 75.9 cm³/mol. The van der Waals surface area contributed by atoms with Crippen molar-refractivity contribution in [3.05, 3.63) is 0 Å². The molecule has 0 aromatic carbocycles. The number of hydrogen-bond donors (Lipinski definition) is 1. The Kier molecular flexibility index (Phi) is 4.39. The summed E-state index contributed by atoms with van der Waals surface area (Å²) in [5.41, 5.74) is 5.93. The third kappa shape index (κ3) is 4.10. The molecule has 1 saturated carbocycles. The van der Waals surface area contributed by atoms with Crippen LogP contribution in [0.2, 0.25) is 0 Å². The number of hydrogen-bond acceptors (Lipinski definition) is 3. The van der Waals surface area contributed by atoms with Crippen molar-refractivity contribution >= 4 is 6.09 Å². The van der Waals surface area contributed by atoms with E-state index in [4.69, 9.17) is 10.5 Å². The van der Waals surface area contributed by atoms with E-state index in [1.165, 1.54) is 25.7 Å². The SMILES string of the molecule is CC(C)(C)OC(=O)N1CCCCCC1C(N)C1CC1. The molecular formula is C15H28N2O2. The monoisotopic (exact) mass is 268 g/mol. The molecule has 0 aromatic heterocycles. The molecule has 0 spiro atoms. The standard InChI is InChI=1S/C15H28N2O2/c1-15(2,3)19-14(18)17-10-6-4-5-7-12(17)13(16)11-8-9-11/h11-13H,4-10,16H2,1-3H3. The molecule has 0 aromatic rings. The first-order valence-electron chi connectivity index (χ1n) is 7.64. The molecule has 4 heteroatoms. The van der Waals surface area contributed by atoms with Crippen LogP contribution in [0.25, 0.3) is 0 Å². The average molecular weight is 268 g/mol. The molecule has 4 nitrogen and oxygen atoms in total. The van der Waals surface area contributed by atoms with Gasteiger partial charge in [0, 0.05) is 12.6 Å². The molecule has 19 heavy (non-hydrogen) atoms. The Morgan fingerprint density at radius 1 is 1.21 bits per heavy atom. The Morgan fingerprint density at radius 2 is 1.89 bits per heavy atom. The Balaban J connectivity index is 2.05. The summed E-state index contributed by atoms with van der Waals surface area (Å²) in [5, 5.41) is 0. The van der Waals surface area contributed by atoms with Crippen LogP contribution in [0.5, 0.6) is 0 Å². The maximum absolute atomic E-state index is 12.4. The number of carbonyl (C=O) groups is 1. The zero-order valence-electron chi connectivity index (χ0n) is 12.5. The maximum Gasteiger partial charge on any atom is 0.410 e. The molecule has 1 heterocycles. The molecule has 1 aliphatic heterocycles. The second-order valence-electron chi connectivity index (χ2n) is 7.01. The van der Waals surface area contributed by atoms with E-state index in [1.54, 1.807) is 0 Å². The van der Waals surface area contributed by atoms with E-state index in [1.807, 2.05) is 25.7 Å². The predicted octanol–water partition coefficient (Wildman–Crippen LogP) is 2.90. The third-order valence-corrected chi connectivity index (χ3v) is 4.04. The number of rotatable bonds is 2. The topological polar surface area (TPSA) is 55.6 Å². The number of likely N-dealkylation sites (tertiary alicyclic amines) is 1. The number of carbonyl (C=O) groups excluding carboxylic acids is 1. The van der Waals surface area contributed by atoms with Crippen LogP contribution in [-0.2, 0) is 4.74 Å². The summed E-state index contributed by atoms with van der Waals surface area (Å²) >= 11 is 0. The van der Waals surface area contributed by atoms with Gasteiger partial charge in [0.15, 0.2) is 0 Å². The summed E-state index contributed by atoms with van der Waals surface area (Å²) in [4.78, 5) is 14.3. The van der Waals surface area contributed by atoms with Crippen molar-refractivity contribution in [1.82, 2.24) is 4.90 Å². The number of nitrogens with zero attached hydrogens (tertiary/aromatic N) is 1. The van der Waals surface area contributed by atoms with Crippen LogP contribution >= 0.6 is 0 Å². The molecule has 1 amide bonds. The summed E-state index contributed by atoms with van der Waals surface area (Å²) in [6.07, 6.45) is 6.71. The molecule has 2 fully saturated rings. The summed E-state index contributed by atoms with van der Waals surface area (Å²) < 4.78 is 5.54. The largest absolute Gasteiger partial charge is 0.444 e. The van der Waals surface area contributed by atoms with E-state index in [2.05, 4.69) is 0 Å². The minimum Gasteiger partial charge on any atom is -0.444 e. The van der Waals surface area contributed by atoms with Gasteiger partial charge in [0.1, 0.15) is 5.60 Å². The summed E-state index contributed by atoms with van der Waals surface area (Å²) in [7, 11) is 0. The van der Waals surface area contributed by atoms with Gasteiger partial charge in [0.25, 0.3) is 0 Å². The summed E-state index contributed by atoms with van der Waals surface area (Å²) in [6, 6.07) is 0.301. The van der Waals surface area contributed by atoms with Crippen molar-refractivity contribution in [2.45, 2.75) is 77.0 Å². The molecule has 2 N–H and O–H groups in total. The van der Waals surface area contributed by atoms with Crippen molar-refractivity contribution in [3.8, 4) is 0 Å². The number of ether oxygens (including phenoxy) is 1. The molecule has 1 saturated heterocycles. The summed E-state index contributed by atoms with van der Waals surface area (Å²) in [5.74, 6) is 0.619. The lowest BCUT2D eigenvalue weighted by atomic mass is 9.98. The Hall–Kier alpha value is -0.770. The van der Waals surface area contributed by atoms with Gasteiger partial charge in [-0.15, -0.1) is 0 Å². The van der Waals surface area contributed by atoms with E-state index >= 15 is 0 Å². The van der Waals surface area contributed by atoms with Gasteiger partial charge in [-0.2, -0.15) is 0 Å². The fourth-order valence-corrected chi connectivity index (χ4v) is 2.88. The van der Waals surface area contributed by atoms with Gasteiger partial charge in [0.2, 0.25) is 0 Å². The normalized spacial score (nSPS) is 26.7. The molecule has 2 unspecified atom stereocenters. The van der Waals surface area contributed by atoms with Crippen LogP contribution < -0.4 is 5.73 Å². The Morgan fingerprint density at radius 3 is 2.47 bits per heavy atom. The van der Waals surface area contributed by atoms with E-state index in [0.29, 0.717) is 5.92 Å². The molecule has 2 rings (SSSR count). The first-order valence-corrected chi connectivity index (χ1v) is 7.64. The van der Waals surface area contributed by atoms with Crippen LogP contribution in [0.3, 0.4) is 0 Å². The van der Waals surface area contributed by atoms with Gasteiger partial charge in [0.05, 0.1) is 6.04 Å². The smallest absolute Gasteiger partial charge is 0.410 e. The van der Waals surface area contributed by atoms with Crippen LogP contribution in [0, 0.1) is 5.92 Å². The first kappa shape index (κ1) is 14.6. The minimum absolute atomic E-state index is 0.130. The molecule has 2 aliphatic rings. The minimum atomic E-state index is -0.433. The average Bonchev–Trinajstić information content (AvgIpc) is 3.12. The third-order valence-electron chi connectivity index (χ3n) is 4.04. The number of nitrogens with two attached hydrogens (primary N) is 1. The lowest BCUT2D eigenvalue weighted by molar-refractivity contribution is 0.0132. The van der Waals surface area contributed by atoms with E-state index in [-0.39, 0.29) is 18.2 Å². The fourth-order valence-electron chi connectivity index (χ4n) is 2.88. The van der Waals surface area contributed by atoms with Crippen LogP contribution in [0.15, 0.2) is 0 Å². The zero-order chi connectivity index (χ0) is 14.0. The van der Waals surface area contributed by atoms with Crippen LogP contribution in [0.4, 0.5) is 4.79 Å². The number of amides is 1. The van der Waals surface area contributed by atoms with Gasteiger partial charge in [-0.05, 0) is 52.4 Å². The zero-order valence-corrected chi connectivity index (χ0v) is 12.5. The molecule has 2 atom stereocenters. The fraction of sp³-hybridized carbons (Fsp3) is 0.933. The highest BCUT2D eigenvalue weighted by molar-refractivity contribution is 5.68. The second-order valence-corrected chi connectivity index (χ2v) is 7.01. The van der Waals surface area contributed by atoms with Gasteiger partial charge < -0.3 is 15.4 Å². The molecule has 0 bridgehead atoms. The van der Waals surface area contributed by atoms with Gasteiger partial charge in [-0.25, -0.2) is 4.79 Å². The van der Waals surface area contributed by atoms with Crippen LogP contribution in [0.1, 0.15) is 59.3 Å². The second kappa shape index (κ2) is 5.70. The van der Waals surface area contributed by atoms with Crippen molar-refractivity contribution in [2.75, 3.05) is 6.54 Å². The highest BCUT2D eigenvalue weighted by atomic mass is 16.6. The highest BCUT2D eigenvalue weighted by Gasteiger charge is 2.39. The van der Waals surface area contributed by atoms with Gasteiger partial charge >= 0.3 is 6.09 Å². The maximum atomic E-state index is 12.4. The molecule has 110 valence electrons. The van der Waals surface area contributed by atoms with Gasteiger partial charge in [-0.1, -0.05) is 12.8 Å². The van der Waals surface area contributed by atoms with Crippen LogP contribution in [-0.4, -0.2) is 35.2 Å². The Labute approximate surface area is 116 Å². The van der Waals surface area contributed by atoms with E-state index in [0.717, 1.165) is 19.4 Å². The molecular weight excluding hydrogens is 240 g/mol. The van der Waals surface area contributed by atoms with Crippen molar-refractivity contribution in [1.29, 1.82) is 0 Å².